The van der Waals surface area contributed by atoms with Crippen molar-refractivity contribution in [3.8, 4) is 11.1 Å². The van der Waals surface area contributed by atoms with Gasteiger partial charge >= 0.3 is 12.6 Å². The zero-order chi connectivity index (χ0) is 32.7. The topological polar surface area (TPSA) is 115 Å². The van der Waals surface area contributed by atoms with Crippen molar-refractivity contribution in [2.75, 3.05) is 6.61 Å². The molecule has 1 aliphatic carbocycles. The predicted octanol–water partition coefficient (Wildman–Crippen LogP) is 6.40. The summed E-state index contributed by atoms with van der Waals surface area (Å²) in [5, 5.41) is 10.3. The quantitative estimate of drug-likeness (QED) is 0.217. The van der Waals surface area contributed by atoms with E-state index in [1.54, 1.807) is 42.5 Å². The van der Waals surface area contributed by atoms with Gasteiger partial charge in [-0.2, -0.15) is 13.9 Å². The number of benzene rings is 2. The van der Waals surface area contributed by atoms with Crippen molar-refractivity contribution < 1.29 is 23.1 Å². The molecule has 0 spiro atoms. The number of nitrogens with one attached hydrogen (secondary N) is 2. The number of hydrogen-bond acceptors (Lipinski definition) is 6. The maximum atomic E-state index is 14.8. The first-order valence-electron chi connectivity index (χ1n) is 14.4. The summed E-state index contributed by atoms with van der Waals surface area (Å²) in [7, 11) is 0. The Kier molecular flexibility index (Phi) is 8.92. The molecule has 2 aromatic carbocycles. The minimum atomic E-state index is -2.75. The molecule has 4 N–H and O–H groups in total. The molecule has 0 radical (unpaired) electrons. The first kappa shape index (κ1) is 32.4. The van der Waals surface area contributed by atoms with Gasteiger partial charge in [-0.25, -0.2) is 9.48 Å². The van der Waals surface area contributed by atoms with E-state index in [1.165, 1.54) is 17.3 Å². The van der Waals surface area contributed by atoms with E-state index in [0.717, 1.165) is 12.8 Å². The molecule has 238 valence electrons. The molecule has 2 amide bonds. The number of nitrogens with two attached hydrogens (primary N) is 1. The van der Waals surface area contributed by atoms with E-state index in [4.69, 9.17) is 34.3 Å². The van der Waals surface area contributed by atoms with Crippen LogP contribution in [0.4, 0.5) is 13.6 Å². The normalized spacial score (nSPS) is 19.0. The summed E-state index contributed by atoms with van der Waals surface area (Å²) in [5.41, 5.74) is 7.21. The number of halogens is 3. The number of aromatic nitrogens is 2. The summed E-state index contributed by atoms with van der Waals surface area (Å²) in [6.45, 7) is 7.36. The van der Waals surface area contributed by atoms with Crippen LogP contribution in [0.15, 0.2) is 67.3 Å². The maximum absolute atomic E-state index is 14.8. The van der Waals surface area contributed by atoms with Crippen LogP contribution in [0, 0.1) is 5.41 Å². The Labute approximate surface area is 270 Å². The van der Waals surface area contributed by atoms with Crippen LogP contribution in [0.25, 0.3) is 11.1 Å². The van der Waals surface area contributed by atoms with E-state index in [-0.39, 0.29) is 29.0 Å². The summed E-state index contributed by atoms with van der Waals surface area (Å²) in [6, 6.07) is 11.5. The fourth-order valence-corrected chi connectivity index (χ4v) is 6.07. The number of ether oxygens (including phenoxy) is 1. The van der Waals surface area contributed by atoms with Gasteiger partial charge in [-0.1, -0.05) is 81.5 Å². The van der Waals surface area contributed by atoms with Crippen LogP contribution in [-0.4, -0.2) is 44.3 Å². The Morgan fingerprint density at radius 3 is 2.51 bits per heavy atom. The van der Waals surface area contributed by atoms with Gasteiger partial charge < -0.3 is 21.1 Å². The molecule has 1 aromatic heterocycles. The Morgan fingerprint density at radius 1 is 1.24 bits per heavy atom. The molecule has 0 unspecified atom stereocenters. The van der Waals surface area contributed by atoms with Gasteiger partial charge in [0, 0.05) is 23.4 Å². The van der Waals surface area contributed by atoms with Gasteiger partial charge in [-0.05, 0) is 53.5 Å². The highest BCUT2D eigenvalue weighted by molar-refractivity contribution is 7.80. The number of carbonyl (C=O) groups is 2. The molecule has 2 heterocycles. The predicted molar refractivity (Wildman–Crippen MR) is 171 cm³/mol. The molecule has 2 aliphatic rings. The molecular weight excluding hydrogens is 622 g/mol. The van der Waals surface area contributed by atoms with Crippen LogP contribution in [0.3, 0.4) is 0 Å². The van der Waals surface area contributed by atoms with Crippen LogP contribution in [-0.2, 0) is 15.1 Å². The highest BCUT2D eigenvalue weighted by Crippen LogP contribution is 2.45. The van der Waals surface area contributed by atoms with Gasteiger partial charge in [0.1, 0.15) is 23.0 Å². The number of rotatable bonds is 10. The lowest BCUT2D eigenvalue weighted by molar-refractivity contribution is -0.135. The molecule has 45 heavy (non-hydrogen) atoms. The van der Waals surface area contributed by atoms with Crippen molar-refractivity contribution in [1.82, 2.24) is 25.3 Å². The SMILES string of the molecule is C=C1N[C@](CC(C)(C)C)(c2ccc(-c3cnn(C(F)F)c3)cc2)C(=O)N1[C@H](COC(=O)NC1CC1)c1ccc(Cl)c(C(N)=S)c1. The average molecular weight is 657 g/mol. The van der Waals surface area contributed by atoms with Gasteiger partial charge in [-0.3, -0.25) is 9.69 Å². The zero-order valence-electron chi connectivity index (χ0n) is 25.1. The van der Waals surface area contributed by atoms with Crippen molar-refractivity contribution in [2.24, 2.45) is 11.1 Å². The second-order valence-corrected chi connectivity index (χ2v) is 13.4. The lowest BCUT2D eigenvalue weighted by Gasteiger charge is -2.35. The Balaban J connectivity index is 1.53. The van der Waals surface area contributed by atoms with E-state index >= 15 is 0 Å². The van der Waals surface area contributed by atoms with E-state index in [2.05, 4.69) is 22.3 Å². The molecule has 0 bridgehead atoms. The summed E-state index contributed by atoms with van der Waals surface area (Å²) in [5.74, 6) is 0.0123. The third kappa shape index (κ3) is 6.96. The van der Waals surface area contributed by atoms with Crippen molar-refractivity contribution in [3.05, 3.63) is 89.0 Å². The molecule has 3 aromatic rings. The summed E-state index contributed by atoms with van der Waals surface area (Å²) in [6.07, 6.45) is 4.22. The van der Waals surface area contributed by atoms with Crippen LogP contribution in [0.5, 0.6) is 0 Å². The number of alkyl carbamates (subject to hydrolysis) is 1. The summed E-state index contributed by atoms with van der Waals surface area (Å²) >= 11 is 11.6. The number of nitrogens with zero attached hydrogens (tertiary/aromatic N) is 3. The highest BCUT2D eigenvalue weighted by Gasteiger charge is 2.53. The zero-order valence-corrected chi connectivity index (χ0v) is 26.7. The van der Waals surface area contributed by atoms with Gasteiger partial charge in [0.05, 0.1) is 17.3 Å². The van der Waals surface area contributed by atoms with E-state index in [0.29, 0.717) is 49.8 Å². The van der Waals surface area contributed by atoms with Gasteiger partial charge in [0.25, 0.3) is 5.91 Å². The Hall–Kier alpha value is -4.03. The van der Waals surface area contributed by atoms with Crippen LogP contribution in [0.2, 0.25) is 5.02 Å². The molecule has 1 saturated heterocycles. The molecule has 9 nitrogen and oxygen atoms in total. The van der Waals surface area contributed by atoms with E-state index < -0.39 is 24.2 Å². The Bertz CT molecular complexity index is 1640. The fraction of sp³-hybridized carbons (Fsp3) is 0.375. The van der Waals surface area contributed by atoms with Crippen molar-refractivity contribution in [2.45, 2.75) is 64.2 Å². The van der Waals surface area contributed by atoms with E-state index in [1.807, 2.05) is 20.8 Å². The third-order valence-corrected chi connectivity index (χ3v) is 8.31. The molecule has 2 atom stereocenters. The van der Waals surface area contributed by atoms with Crippen molar-refractivity contribution in [1.29, 1.82) is 0 Å². The number of thiocarbonyl (C=S) groups is 1. The summed E-state index contributed by atoms with van der Waals surface area (Å²) in [4.78, 5) is 28.9. The number of amides is 2. The second-order valence-electron chi connectivity index (χ2n) is 12.6. The van der Waals surface area contributed by atoms with Gasteiger partial charge in [0.2, 0.25) is 0 Å². The minimum Gasteiger partial charge on any atom is -0.447 e. The molecule has 5 rings (SSSR count). The highest BCUT2D eigenvalue weighted by atomic mass is 35.5. The maximum Gasteiger partial charge on any atom is 0.407 e. The van der Waals surface area contributed by atoms with Crippen LogP contribution < -0.4 is 16.4 Å². The second kappa shape index (κ2) is 12.4. The molecule has 1 saturated carbocycles. The van der Waals surface area contributed by atoms with Gasteiger partial charge in [-0.15, -0.1) is 0 Å². The first-order chi connectivity index (χ1) is 21.2. The largest absolute Gasteiger partial charge is 0.447 e. The smallest absolute Gasteiger partial charge is 0.407 e. The fourth-order valence-electron chi connectivity index (χ4n) is 5.62. The van der Waals surface area contributed by atoms with Crippen LogP contribution in [0.1, 0.15) is 69.3 Å². The lowest BCUT2D eigenvalue weighted by Crippen LogP contribution is -2.47. The molecule has 1 aliphatic heterocycles. The molecular formula is C32H35ClF2N6O3S. The lowest BCUT2D eigenvalue weighted by atomic mass is 9.75. The monoisotopic (exact) mass is 656 g/mol. The number of carbonyl (C=O) groups excluding carboxylic acids is 2. The van der Waals surface area contributed by atoms with Crippen molar-refractivity contribution in [3.63, 3.8) is 0 Å². The third-order valence-electron chi connectivity index (χ3n) is 7.76. The van der Waals surface area contributed by atoms with Crippen LogP contribution >= 0.6 is 23.8 Å². The Morgan fingerprint density at radius 2 is 1.93 bits per heavy atom. The van der Waals surface area contributed by atoms with Gasteiger partial charge in [0.15, 0.2) is 0 Å². The van der Waals surface area contributed by atoms with Crippen molar-refractivity contribution >= 4 is 40.8 Å². The molecule has 2 fully saturated rings. The molecule has 13 heteroatoms. The minimum absolute atomic E-state index is 0.0824. The summed E-state index contributed by atoms with van der Waals surface area (Å²) < 4.78 is 32.4. The average Bonchev–Trinajstić information content (AvgIpc) is 3.56. The first-order valence-corrected chi connectivity index (χ1v) is 15.2. The number of alkyl halides is 2. The number of hydrogen-bond donors (Lipinski definition) is 3. The standard InChI is InChI=1S/C32H35ClF2N6O3S/c1-18-39-32(17-31(2,3)4,22-8-5-19(6-9-22)21-14-37-40(15-21)29(34)35)28(42)41(18)26(16-44-30(43)38-23-10-11-23)20-7-12-25(33)24(13-20)27(36)45/h5-9,12-15,23,26,29,39H,1,10-11,16-17H2,2-4H3,(H2,36,45)(H,38,43)/t26-,32-/m1/s1. The van der Waals surface area contributed by atoms with E-state index in [9.17, 15) is 18.4 Å².